The van der Waals surface area contributed by atoms with Crippen molar-refractivity contribution in [2.24, 2.45) is 5.92 Å². The summed E-state index contributed by atoms with van der Waals surface area (Å²) in [5, 5.41) is 0. The number of rotatable bonds is 1. The van der Waals surface area contributed by atoms with Gasteiger partial charge in [-0.25, -0.2) is 0 Å². The van der Waals surface area contributed by atoms with Crippen LogP contribution in [-0.2, 0) is 37.5 Å². The van der Waals surface area contributed by atoms with Gasteiger partial charge in [-0.2, -0.15) is 6.92 Å². The van der Waals surface area contributed by atoms with Gasteiger partial charge in [0.05, 0.1) is 0 Å². The van der Waals surface area contributed by atoms with Crippen LogP contribution in [0.25, 0.3) is 0 Å². The number of carbonyl (C=O) groups is 1. The van der Waals surface area contributed by atoms with Crippen molar-refractivity contribution in [2.45, 2.75) is 33.1 Å². The van der Waals surface area contributed by atoms with Crippen molar-refractivity contribution >= 4 is 5.78 Å². The fraction of sp³-hybridized carbons (Fsp3) is 0.400. The van der Waals surface area contributed by atoms with Crippen molar-refractivity contribution in [1.29, 1.82) is 0 Å². The van der Waals surface area contributed by atoms with Crippen molar-refractivity contribution in [3.63, 3.8) is 0 Å². The van der Waals surface area contributed by atoms with Crippen LogP contribution in [-0.4, -0.2) is 5.78 Å². The van der Waals surface area contributed by atoms with Gasteiger partial charge < -0.3 is 14.4 Å². The number of Topliss-reactive ketones (excluding diaryl/α,β-unsaturated/α-hetero) is 1. The zero-order valence-corrected chi connectivity index (χ0v) is 14.2. The number of benzene rings is 1. The van der Waals surface area contributed by atoms with E-state index in [0.717, 1.165) is 12.8 Å². The SMILES string of the molecule is CC(=O)C1CCC1.[CH2-]C.[CH3-].[Y].c1ccccc1. The topological polar surface area (TPSA) is 17.1 Å². The summed E-state index contributed by atoms with van der Waals surface area (Å²) in [6, 6.07) is 12.0. The molecule has 2 rings (SSSR count). The molecule has 1 aromatic rings. The minimum atomic E-state index is 0. The predicted molar refractivity (Wildman–Crippen MR) is 71.9 cm³/mol. The zero-order valence-electron chi connectivity index (χ0n) is 11.4. The van der Waals surface area contributed by atoms with E-state index in [9.17, 15) is 4.79 Å². The summed E-state index contributed by atoms with van der Waals surface area (Å²) in [5.41, 5.74) is 0. The van der Waals surface area contributed by atoms with E-state index in [4.69, 9.17) is 0 Å². The van der Waals surface area contributed by atoms with Crippen LogP contribution >= 0.6 is 0 Å². The molecule has 1 aliphatic carbocycles. The van der Waals surface area contributed by atoms with E-state index in [1.54, 1.807) is 13.8 Å². The van der Waals surface area contributed by atoms with Crippen LogP contribution in [0.2, 0.25) is 0 Å². The fourth-order valence-corrected chi connectivity index (χ4v) is 1.20. The van der Waals surface area contributed by atoms with Crippen LogP contribution in [0.3, 0.4) is 0 Å². The third-order valence-electron chi connectivity index (χ3n) is 2.35. The second kappa shape index (κ2) is 16.0. The Bertz CT molecular complexity index is 216. The van der Waals surface area contributed by atoms with Gasteiger partial charge in [-0.05, 0) is 19.8 Å². The zero-order chi connectivity index (χ0) is 11.5. The average molecular weight is 309 g/mol. The average Bonchev–Trinajstić information content (AvgIpc) is 2.21. The molecule has 1 saturated carbocycles. The van der Waals surface area contributed by atoms with Gasteiger partial charge in [0.25, 0.3) is 0 Å². The van der Waals surface area contributed by atoms with E-state index in [0.29, 0.717) is 11.7 Å². The Morgan fingerprint density at radius 3 is 1.35 bits per heavy atom. The molecule has 0 amide bonds. The van der Waals surface area contributed by atoms with Crippen LogP contribution in [0.15, 0.2) is 36.4 Å². The molecule has 0 aromatic heterocycles. The molecule has 0 heterocycles. The minimum absolute atomic E-state index is 0. The summed E-state index contributed by atoms with van der Waals surface area (Å²) >= 11 is 0. The van der Waals surface area contributed by atoms with Gasteiger partial charge in [0.2, 0.25) is 0 Å². The molecule has 1 nitrogen and oxygen atoms in total. The molecule has 0 bridgehead atoms. The van der Waals surface area contributed by atoms with E-state index >= 15 is 0 Å². The van der Waals surface area contributed by atoms with Crippen LogP contribution in [0.5, 0.6) is 0 Å². The molecule has 0 N–H and O–H groups in total. The van der Waals surface area contributed by atoms with Gasteiger partial charge in [0, 0.05) is 38.6 Å². The van der Waals surface area contributed by atoms with Gasteiger partial charge >= 0.3 is 0 Å². The molecule has 2 heteroatoms. The Hall–Kier alpha value is -0.00610. The van der Waals surface area contributed by atoms with Gasteiger partial charge in [-0.1, -0.05) is 42.8 Å². The number of carbonyl (C=O) groups excluding carboxylic acids is 1. The van der Waals surface area contributed by atoms with Gasteiger partial charge in [-0.15, -0.1) is 0 Å². The Morgan fingerprint density at radius 2 is 1.29 bits per heavy atom. The van der Waals surface area contributed by atoms with Gasteiger partial charge in [0.1, 0.15) is 5.78 Å². The van der Waals surface area contributed by atoms with Crippen molar-refractivity contribution in [3.8, 4) is 0 Å². The first-order chi connectivity index (χ1) is 7.30. The second-order valence-corrected chi connectivity index (χ2v) is 3.39. The molecular formula is C15H24OY-2. The summed E-state index contributed by atoms with van der Waals surface area (Å²) in [6.45, 7) is 6.68. The van der Waals surface area contributed by atoms with E-state index in [2.05, 4.69) is 6.92 Å². The van der Waals surface area contributed by atoms with Crippen LogP contribution < -0.4 is 0 Å². The molecule has 17 heavy (non-hydrogen) atoms. The van der Waals surface area contributed by atoms with Crippen molar-refractivity contribution in [1.82, 2.24) is 0 Å². The quantitative estimate of drug-likeness (QED) is 0.705. The molecule has 0 aliphatic heterocycles. The summed E-state index contributed by atoms with van der Waals surface area (Å²) in [7, 11) is 0. The van der Waals surface area contributed by atoms with Crippen molar-refractivity contribution in [2.75, 3.05) is 0 Å². The number of ketones is 1. The van der Waals surface area contributed by atoms with E-state index < -0.39 is 0 Å². The third kappa shape index (κ3) is 12.2. The van der Waals surface area contributed by atoms with Crippen molar-refractivity contribution < 1.29 is 37.5 Å². The molecular weight excluding hydrogens is 285 g/mol. The summed E-state index contributed by atoms with van der Waals surface area (Å²) in [6.07, 6.45) is 3.56. The second-order valence-electron chi connectivity index (χ2n) is 3.39. The first-order valence-corrected chi connectivity index (χ1v) is 5.52. The Morgan fingerprint density at radius 1 is 1.00 bits per heavy atom. The van der Waals surface area contributed by atoms with Crippen LogP contribution in [0.1, 0.15) is 33.1 Å². The standard InChI is InChI=1S/C6H10O.C6H6.C2H5.CH3.Y/c1-5(7)6-3-2-4-6;1-2-4-6-5-3-1;1-2;;/h6H,2-4H2,1H3;1-6H;1H2,2H3;1H3;/q;;2*-1;. The molecule has 1 fully saturated rings. The fourth-order valence-electron chi connectivity index (χ4n) is 1.20. The molecule has 95 valence electrons. The number of hydrogen-bond donors (Lipinski definition) is 0. The minimum Gasteiger partial charge on any atom is -0.358 e. The Kier molecular flexibility index (Phi) is 20.9. The summed E-state index contributed by atoms with van der Waals surface area (Å²) in [4.78, 5) is 10.4. The van der Waals surface area contributed by atoms with Crippen molar-refractivity contribution in [3.05, 3.63) is 50.7 Å². The summed E-state index contributed by atoms with van der Waals surface area (Å²) in [5.74, 6) is 0.825. The maximum atomic E-state index is 10.4. The molecule has 0 spiro atoms. The molecule has 1 aromatic carbocycles. The monoisotopic (exact) mass is 309 g/mol. The predicted octanol–water partition coefficient (Wildman–Crippen LogP) is 4.35. The summed E-state index contributed by atoms with van der Waals surface area (Å²) < 4.78 is 0. The molecule has 1 radical (unpaired) electrons. The molecule has 0 atom stereocenters. The van der Waals surface area contributed by atoms with Gasteiger partial charge in [0.15, 0.2) is 0 Å². The molecule has 0 unspecified atom stereocenters. The Balaban J connectivity index is -0.000000184. The number of hydrogen-bond acceptors (Lipinski definition) is 1. The first kappa shape index (κ1) is 22.2. The molecule has 0 saturated heterocycles. The van der Waals surface area contributed by atoms with E-state index in [1.165, 1.54) is 6.42 Å². The third-order valence-corrected chi connectivity index (χ3v) is 2.35. The van der Waals surface area contributed by atoms with Crippen LogP contribution in [0, 0.1) is 20.3 Å². The van der Waals surface area contributed by atoms with Crippen LogP contribution in [0.4, 0.5) is 0 Å². The normalized spacial score (nSPS) is 11.9. The van der Waals surface area contributed by atoms with E-state index in [-0.39, 0.29) is 40.1 Å². The largest absolute Gasteiger partial charge is 0.358 e. The maximum absolute atomic E-state index is 10.4. The smallest absolute Gasteiger partial charge is 0.132 e. The first-order valence-electron chi connectivity index (χ1n) is 5.52. The maximum Gasteiger partial charge on any atom is 0.132 e. The molecule has 1 aliphatic rings. The van der Waals surface area contributed by atoms with Gasteiger partial charge in [-0.3, -0.25) is 4.79 Å². The van der Waals surface area contributed by atoms with E-state index in [1.807, 2.05) is 36.4 Å². The Labute approximate surface area is 132 Å².